The molecule has 1 fully saturated rings. The molecule has 1 rings (SSSR count). The van der Waals surface area contributed by atoms with E-state index in [1.54, 1.807) is 0 Å². The highest BCUT2D eigenvalue weighted by Crippen LogP contribution is 2.32. The Kier molecular flexibility index (Phi) is 3.55. The van der Waals surface area contributed by atoms with E-state index in [1.165, 1.54) is 0 Å². The van der Waals surface area contributed by atoms with Gasteiger partial charge in [-0.3, -0.25) is 5.84 Å². The number of nitrogens with one attached hydrogen (secondary N) is 1. The molecule has 0 aromatic heterocycles. The number of hydrogen-bond donors (Lipinski definition) is 2. The van der Waals surface area contributed by atoms with Crippen LogP contribution in [0.1, 0.15) is 32.1 Å². The highest BCUT2D eigenvalue weighted by atomic mass is 19.4. The smallest absolute Gasteiger partial charge is 0.271 e. The molecule has 1 aliphatic rings. The summed E-state index contributed by atoms with van der Waals surface area (Å²) >= 11 is 0. The number of rotatable bonds is 3. The molecule has 13 heavy (non-hydrogen) atoms. The fourth-order valence-electron chi connectivity index (χ4n) is 1.88. The summed E-state index contributed by atoms with van der Waals surface area (Å²) in [6.45, 7) is 0. The van der Waals surface area contributed by atoms with Gasteiger partial charge in [0, 0.05) is 0 Å². The second-order valence-corrected chi connectivity index (χ2v) is 3.65. The predicted molar refractivity (Wildman–Crippen MR) is 43.7 cm³/mol. The standard InChI is InChI=1S/C8H15F3N2/c9-8(10,11)7(13-12)5-6-3-1-2-4-6/h6-7,13H,1-5,12H2. The molecule has 0 saturated heterocycles. The summed E-state index contributed by atoms with van der Waals surface area (Å²) in [6, 6.07) is -1.53. The Morgan fingerprint density at radius 3 is 2.23 bits per heavy atom. The van der Waals surface area contributed by atoms with Gasteiger partial charge in [-0.15, -0.1) is 0 Å². The first-order chi connectivity index (χ1) is 6.04. The van der Waals surface area contributed by atoms with Crippen molar-refractivity contribution in [3.8, 4) is 0 Å². The number of halogens is 3. The second-order valence-electron chi connectivity index (χ2n) is 3.65. The quantitative estimate of drug-likeness (QED) is 0.535. The van der Waals surface area contributed by atoms with Gasteiger partial charge in [0.15, 0.2) is 0 Å². The first kappa shape index (κ1) is 10.8. The first-order valence-corrected chi connectivity index (χ1v) is 4.57. The maximum atomic E-state index is 12.2. The van der Waals surface area contributed by atoms with Crippen molar-refractivity contribution in [3.63, 3.8) is 0 Å². The van der Waals surface area contributed by atoms with Crippen LogP contribution in [0.4, 0.5) is 13.2 Å². The molecule has 0 heterocycles. The SMILES string of the molecule is NNC(CC1CCCC1)C(F)(F)F. The Labute approximate surface area is 75.6 Å². The first-order valence-electron chi connectivity index (χ1n) is 4.57. The van der Waals surface area contributed by atoms with Gasteiger partial charge in [0.1, 0.15) is 6.04 Å². The molecule has 78 valence electrons. The molecular formula is C8H15F3N2. The van der Waals surface area contributed by atoms with Gasteiger partial charge in [-0.2, -0.15) is 13.2 Å². The van der Waals surface area contributed by atoms with Crippen molar-refractivity contribution in [2.24, 2.45) is 11.8 Å². The van der Waals surface area contributed by atoms with Crippen LogP contribution in [0.5, 0.6) is 0 Å². The lowest BCUT2D eigenvalue weighted by molar-refractivity contribution is -0.159. The molecular weight excluding hydrogens is 181 g/mol. The van der Waals surface area contributed by atoms with Crippen molar-refractivity contribution in [1.29, 1.82) is 0 Å². The minimum Gasteiger partial charge on any atom is -0.271 e. The lowest BCUT2D eigenvalue weighted by atomic mass is 9.98. The molecule has 1 saturated carbocycles. The number of hydrogen-bond acceptors (Lipinski definition) is 2. The molecule has 3 N–H and O–H groups in total. The van der Waals surface area contributed by atoms with E-state index >= 15 is 0 Å². The Bertz CT molecular complexity index is 152. The van der Waals surface area contributed by atoms with Crippen LogP contribution in [0.3, 0.4) is 0 Å². The van der Waals surface area contributed by atoms with Gasteiger partial charge in [-0.1, -0.05) is 25.7 Å². The third-order valence-electron chi connectivity index (χ3n) is 2.64. The van der Waals surface area contributed by atoms with Crippen molar-refractivity contribution in [3.05, 3.63) is 0 Å². The molecule has 1 unspecified atom stereocenters. The van der Waals surface area contributed by atoms with Crippen LogP contribution in [0.2, 0.25) is 0 Å². The van der Waals surface area contributed by atoms with Crippen molar-refractivity contribution in [2.75, 3.05) is 0 Å². The van der Waals surface area contributed by atoms with Crippen LogP contribution in [0.15, 0.2) is 0 Å². The highest BCUT2D eigenvalue weighted by molar-refractivity contribution is 4.79. The fraction of sp³-hybridized carbons (Fsp3) is 1.00. The average Bonchev–Trinajstić information content (AvgIpc) is 2.49. The van der Waals surface area contributed by atoms with Crippen LogP contribution in [-0.4, -0.2) is 12.2 Å². The maximum absolute atomic E-state index is 12.2. The Balaban J connectivity index is 2.39. The van der Waals surface area contributed by atoms with Gasteiger partial charge < -0.3 is 0 Å². The Morgan fingerprint density at radius 1 is 1.31 bits per heavy atom. The monoisotopic (exact) mass is 196 g/mol. The van der Waals surface area contributed by atoms with Gasteiger partial charge in [-0.05, 0) is 12.3 Å². The predicted octanol–water partition coefficient (Wildman–Crippen LogP) is 1.96. The van der Waals surface area contributed by atoms with Crippen molar-refractivity contribution >= 4 is 0 Å². The molecule has 5 heteroatoms. The van der Waals surface area contributed by atoms with Crippen LogP contribution >= 0.6 is 0 Å². The van der Waals surface area contributed by atoms with E-state index in [1.807, 2.05) is 5.43 Å². The fourth-order valence-corrected chi connectivity index (χ4v) is 1.88. The molecule has 0 bridgehead atoms. The summed E-state index contributed by atoms with van der Waals surface area (Å²) < 4.78 is 36.7. The lowest BCUT2D eigenvalue weighted by Gasteiger charge is -2.22. The van der Waals surface area contributed by atoms with Gasteiger partial charge >= 0.3 is 6.18 Å². The normalized spacial score (nSPS) is 22.2. The number of alkyl halides is 3. The van der Waals surface area contributed by atoms with E-state index < -0.39 is 12.2 Å². The van der Waals surface area contributed by atoms with E-state index in [9.17, 15) is 13.2 Å². The second kappa shape index (κ2) is 4.28. The summed E-state index contributed by atoms with van der Waals surface area (Å²) in [6.07, 6.45) is -0.153. The molecule has 2 nitrogen and oxygen atoms in total. The molecule has 0 amide bonds. The summed E-state index contributed by atoms with van der Waals surface area (Å²) in [5, 5.41) is 0. The average molecular weight is 196 g/mol. The van der Waals surface area contributed by atoms with E-state index in [2.05, 4.69) is 0 Å². The zero-order chi connectivity index (χ0) is 9.90. The summed E-state index contributed by atoms with van der Waals surface area (Å²) in [4.78, 5) is 0. The van der Waals surface area contributed by atoms with Crippen molar-refractivity contribution < 1.29 is 13.2 Å². The van der Waals surface area contributed by atoms with E-state index in [0.29, 0.717) is 0 Å². The van der Waals surface area contributed by atoms with Gasteiger partial charge in [0.2, 0.25) is 0 Å². The molecule has 0 radical (unpaired) electrons. The summed E-state index contributed by atoms with van der Waals surface area (Å²) in [7, 11) is 0. The maximum Gasteiger partial charge on any atom is 0.405 e. The van der Waals surface area contributed by atoms with Crippen LogP contribution in [-0.2, 0) is 0 Å². The Morgan fingerprint density at radius 2 is 1.85 bits per heavy atom. The molecule has 0 aromatic rings. The molecule has 0 spiro atoms. The highest BCUT2D eigenvalue weighted by Gasteiger charge is 2.40. The third-order valence-corrected chi connectivity index (χ3v) is 2.64. The van der Waals surface area contributed by atoms with Gasteiger partial charge in [0.25, 0.3) is 0 Å². The molecule has 1 aliphatic carbocycles. The molecule has 0 aromatic carbocycles. The number of hydrazine groups is 1. The topological polar surface area (TPSA) is 38.0 Å². The zero-order valence-corrected chi connectivity index (χ0v) is 7.40. The minimum atomic E-state index is -4.21. The van der Waals surface area contributed by atoms with Crippen LogP contribution in [0.25, 0.3) is 0 Å². The summed E-state index contributed by atoms with van der Waals surface area (Å²) in [5.41, 5.74) is 1.84. The Hall–Kier alpha value is -0.290. The third kappa shape index (κ3) is 3.15. The van der Waals surface area contributed by atoms with Crippen LogP contribution < -0.4 is 11.3 Å². The van der Waals surface area contributed by atoms with Crippen molar-refractivity contribution in [2.45, 2.75) is 44.3 Å². The van der Waals surface area contributed by atoms with E-state index in [-0.39, 0.29) is 12.3 Å². The summed E-state index contributed by atoms with van der Waals surface area (Å²) in [5.74, 6) is 5.06. The molecule has 1 atom stereocenters. The zero-order valence-electron chi connectivity index (χ0n) is 7.40. The van der Waals surface area contributed by atoms with E-state index in [4.69, 9.17) is 5.84 Å². The number of nitrogens with two attached hydrogens (primary N) is 1. The van der Waals surface area contributed by atoms with Gasteiger partial charge in [-0.25, -0.2) is 5.43 Å². The minimum absolute atomic E-state index is 0.125. The van der Waals surface area contributed by atoms with Crippen molar-refractivity contribution in [1.82, 2.24) is 5.43 Å². The lowest BCUT2D eigenvalue weighted by Crippen LogP contribution is -2.46. The van der Waals surface area contributed by atoms with E-state index in [0.717, 1.165) is 25.7 Å². The van der Waals surface area contributed by atoms with Gasteiger partial charge in [0.05, 0.1) is 0 Å². The molecule has 0 aliphatic heterocycles. The van der Waals surface area contributed by atoms with Crippen LogP contribution in [0, 0.1) is 5.92 Å². The largest absolute Gasteiger partial charge is 0.405 e.